The standard InChI is InChI=1S/C13H21ClN4O2/c1-8(2)20-13-17-11(14)16-12(18-13)15-10-6-4-3-5-9(10)7-19/h8-10,19H,3-7H2,1-2H3,(H,15,16,17,18). The zero-order chi connectivity index (χ0) is 14.5. The molecule has 2 unspecified atom stereocenters. The molecular formula is C13H21ClN4O2. The lowest BCUT2D eigenvalue weighted by Crippen LogP contribution is -2.35. The minimum Gasteiger partial charge on any atom is -0.461 e. The molecule has 20 heavy (non-hydrogen) atoms. The zero-order valence-electron chi connectivity index (χ0n) is 11.8. The van der Waals surface area contributed by atoms with Gasteiger partial charge in [-0.1, -0.05) is 12.8 Å². The van der Waals surface area contributed by atoms with Crippen molar-refractivity contribution >= 4 is 17.5 Å². The molecule has 2 atom stereocenters. The SMILES string of the molecule is CC(C)Oc1nc(Cl)nc(NC2CCCCC2CO)n1. The highest BCUT2D eigenvalue weighted by atomic mass is 35.5. The highest BCUT2D eigenvalue weighted by molar-refractivity contribution is 6.28. The number of rotatable bonds is 5. The summed E-state index contributed by atoms with van der Waals surface area (Å²) in [6.07, 6.45) is 4.28. The van der Waals surface area contributed by atoms with Crippen LogP contribution in [0.25, 0.3) is 0 Å². The van der Waals surface area contributed by atoms with E-state index in [1.165, 1.54) is 0 Å². The number of aromatic nitrogens is 3. The molecule has 2 rings (SSSR count). The van der Waals surface area contributed by atoms with E-state index in [-0.39, 0.29) is 36.0 Å². The number of hydrogen-bond acceptors (Lipinski definition) is 6. The van der Waals surface area contributed by atoms with Gasteiger partial charge in [-0.15, -0.1) is 0 Å². The first-order chi connectivity index (χ1) is 9.58. The van der Waals surface area contributed by atoms with Crippen LogP contribution in [0, 0.1) is 5.92 Å². The van der Waals surface area contributed by atoms with E-state index in [9.17, 15) is 5.11 Å². The van der Waals surface area contributed by atoms with Crippen LogP contribution in [0.2, 0.25) is 5.28 Å². The van der Waals surface area contributed by atoms with Crippen molar-refractivity contribution in [3.63, 3.8) is 0 Å². The van der Waals surface area contributed by atoms with Crippen LogP contribution in [-0.4, -0.2) is 38.8 Å². The second-order valence-electron chi connectivity index (χ2n) is 5.36. The molecule has 1 aliphatic rings. The van der Waals surface area contributed by atoms with Crippen LogP contribution in [0.4, 0.5) is 5.95 Å². The first kappa shape index (κ1) is 15.3. The molecule has 0 aromatic carbocycles. The monoisotopic (exact) mass is 300 g/mol. The Kier molecular flexibility index (Phi) is 5.37. The third-order valence-corrected chi connectivity index (χ3v) is 3.56. The van der Waals surface area contributed by atoms with Crippen LogP contribution in [0.15, 0.2) is 0 Å². The molecule has 1 aromatic heterocycles. The van der Waals surface area contributed by atoms with Gasteiger partial charge in [0.1, 0.15) is 0 Å². The van der Waals surface area contributed by atoms with Gasteiger partial charge in [0.05, 0.1) is 6.10 Å². The summed E-state index contributed by atoms with van der Waals surface area (Å²) in [5.41, 5.74) is 0. The summed E-state index contributed by atoms with van der Waals surface area (Å²) in [4.78, 5) is 12.2. The number of nitrogens with one attached hydrogen (secondary N) is 1. The molecule has 0 aliphatic heterocycles. The molecule has 1 saturated carbocycles. The van der Waals surface area contributed by atoms with Gasteiger partial charge in [0.25, 0.3) is 0 Å². The number of aliphatic hydroxyl groups is 1. The van der Waals surface area contributed by atoms with Crippen LogP contribution >= 0.6 is 11.6 Å². The summed E-state index contributed by atoms with van der Waals surface area (Å²) in [7, 11) is 0. The molecule has 0 amide bonds. The smallest absolute Gasteiger partial charge is 0.322 e. The van der Waals surface area contributed by atoms with Crippen molar-refractivity contribution in [2.24, 2.45) is 5.92 Å². The van der Waals surface area contributed by atoms with Crippen molar-refractivity contribution in [1.29, 1.82) is 0 Å². The molecule has 6 nitrogen and oxygen atoms in total. The van der Waals surface area contributed by atoms with E-state index >= 15 is 0 Å². The van der Waals surface area contributed by atoms with E-state index in [1.54, 1.807) is 0 Å². The quantitative estimate of drug-likeness (QED) is 0.868. The zero-order valence-corrected chi connectivity index (χ0v) is 12.6. The highest BCUT2D eigenvalue weighted by Gasteiger charge is 2.25. The lowest BCUT2D eigenvalue weighted by molar-refractivity contribution is 0.177. The minimum atomic E-state index is -0.0267. The Labute approximate surface area is 123 Å². The van der Waals surface area contributed by atoms with Crippen LogP contribution in [0.1, 0.15) is 39.5 Å². The minimum absolute atomic E-state index is 0.0267. The van der Waals surface area contributed by atoms with Crippen molar-refractivity contribution in [3.8, 4) is 6.01 Å². The molecule has 1 aliphatic carbocycles. The van der Waals surface area contributed by atoms with Gasteiger partial charge < -0.3 is 15.2 Å². The van der Waals surface area contributed by atoms with Crippen LogP contribution in [0.3, 0.4) is 0 Å². The molecule has 2 N–H and O–H groups in total. The molecule has 0 radical (unpaired) electrons. The van der Waals surface area contributed by atoms with Crippen molar-refractivity contribution < 1.29 is 9.84 Å². The van der Waals surface area contributed by atoms with E-state index in [2.05, 4.69) is 20.3 Å². The van der Waals surface area contributed by atoms with Crippen molar-refractivity contribution in [1.82, 2.24) is 15.0 Å². The second-order valence-corrected chi connectivity index (χ2v) is 5.69. The Morgan fingerprint density at radius 1 is 1.30 bits per heavy atom. The molecule has 1 aromatic rings. The summed E-state index contributed by atoms with van der Waals surface area (Å²) in [5.74, 6) is 0.639. The maximum absolute atomic E-state index is 9.42. The maximum Gasteiger partial charge on any atom is 0.322 e. The Morgan fingerprint density at radius 3 is 2.75 bits per heavy atom. The van der Waals surface area contributed by atoms with Gasteiger partial charge in [0, 0.05) is 18.6 Å². The average Bonchev–Trinajstić information content (AvgIpc) is 2.37. The van der Waals surface area contributed by atoms with Gasteiger partial charge in [-0.3, -0.25) is 0 Å². The first-order valence-electron chi connectivity index (χ1n) is 7.04. The molecular weight excluding hydrogens is 280 g/mol. The second kappa shape index (κ2) is 7.04. The van der Waals surface area contributed by atoms with Crippen molar-refractivity contribution in [2.45, 2.75) is 51.7 Å². The predicted molar refractivity (Wildman–Crippen MR) is 77.1 cm³/mol. The van der Waals surface area contributed by atoms with Gasteiger partial charge >= 0.3 is 6.01 Å². The molecule has 112 valence electrons. The number of halogens is 1. The highest BCUT2D eigenvalue weighted by Crippen LogP contribution is 2.26. The largest absolute Gasteiger partial charge is 0.461 e. The average molecular weight is 301 g/mol. The summed E-state index contributed by atoms with van der Waals surface area (Å²) in [5, 5.41) is 12.8. The topological polar surface area (TPSA) is 80.2 Å². The molecule has 0 saturated heterocycles. The molecule has 0 bridgehead atoms. The predicted octanol–water partition coefficient (Wildman–Crippen LogP) is 2.28. The number of ether oxygens (including phenoxy) is 1. The van der Waals surface area contributed by atoms with E-state index in [0.29, 0.717) is 5.95 Å². The van der Waals surface area contributed by atoms with Gasteiger partial charge in [-0.05, 0) is 38.3 Å². The summed E-state index contributed by atoms with van der Waals surface area (Å²) in [6, 6.07) is 0.387. The summed E-state index contributed by atoms with van der Waals surface area (Å²) >= 11 is 5.89. The lowest BCUT2D eigenvalue weighted by Gasteiger charge is -2.30. The number of nitrogens with zero attached hydrogens (tertiary/aromatic N) is 3. The van der Waals surface area contributed by atoms with Gasteiger partial charge in [0.15, 0.2) is 0 Å². The van der Waals surface area contributed by atoms with Crippen molar-refractivity contribution in [2.75, 3.05) is 11.9 Å². The molecule has 7 heteroatoms. The van der Waals surface area contributed by atoms with Crippen molar-refractivity contribution in [3.05, 3.63) is 5.28 Å². The van der Waals surface area contributed by atoms with Crippen LogP contribution in [0.5, 0.6) is 6.01 Å². The summed E-state index contributed by atoms with van der Waals surface area (Å²) in [6.45, 7) is 3.97. The number of anilines is 1. The third kappa shape index (κ3) is 4.18. The van der Waals surface area contributed by atoms with E-state index in [4.69, 9.17) is 16.3 Å². The number of hydrogen-bond donors (Lipinski definition) is 2. The third-order valence-electron chi connectivity index (χ3n) is 3.39. The van der Waals surface area contributed by atoms with E-state index in [1.807, 2.05) is 13.8 Å². The van der Waals surface area contributed by atoms with Gasteiger partial charge in [-0.25, -0.2) is 0 Å². The van der Waals surface area contributed by atoms with Crippen LogP contribution < -0.4 is 10.1 Å². The maximum atomic E-state index is 9.42. The van der Waals surface area contributed by atoms with Gasteiger partial charge in [-0.2, -0.15) is 15.0 Å². The van der Waals surface area contributed by atoms with Gasteiger partial charge in [0.2, 0.25) is 11.2 Å². The number of aliphatic hydroxyl groups excluding tert-OH is 1. The lowest BCUT2D eigenvalue weighted by atomic mass is 9.85. The fourth-order valence-corrected chi connectivity index (χ4v) is 2.59. The molecule has 0 spiro atoms. The first-order valence-corrected chi connectivity index (χ1v) is 7.42. The van der Waals surface area contributed by atoms with Crippen LogP contribution in [-0.2, 0) is 0 Å². The summed E-state index contributed by atoms with van der Waals surface area (Å²) < 4.78 is 5.44. The Balaban J connectivity index is 2.09. The normalized spacial score (nSPS) is 22.9. The Morgan fingerprint density at radius 2 is 2.05 bits per heavy atom. The van der Waals surface area contributed by atoms with E-state index in [0.717, 1.165) is 25.7 Å². The Bertz CT molecular complexity index is 444. The van der Waals surface area contributed by atoms with E-state index < -0.39 is 0 Å². The molecule has 1 fully saturated rings. The fourth-order valence-electron chi connectivity index (χ4n) is 2.44. The fraction of sp³-hybridized carbons (Fsp3) is 0.769. The molecule has 1 heterocycles. The Hall–Kier alpha value is -1.14.